The first-order valence-electron chi connectivity index (χ1n) is 14.3. The van der Waals surface area contributed by atoms with Gasteiger partial charge >= 0.3 is 5.69 Å². The van der Waals surface area contributed by atoms with Gasteiger partial charge in [-0.3, -0.25) is 9.05 Å². The van der Waals surface area contributed by atoms with E-state index in [0.717, 1.165) is 31.7 Å². The Balaban J connectivity index is 0.00000533. The van der Waals surface area contributed by atoms with E-state index >= 15 is 0 Å². The maximum atomic E-state index is 13.4. The Morgan fingerprint density at radius 1 is 1.00 bits per heavy atom. The number of quaternary nitrogens is 1. The molecule has 2 fully saturated rings. The number of hydrogen-bond acceptors (Lipinski definition) is 6. The summed E-state index contributed by atoms with van der Waals surface area (Å²) < 4.78 is 28.5. The van der Waals surface area contributed by atoms with Crippen molar-refractivity contribution in [2.24, 2.45) is 0 Å². The molecule has 0 saturated carbocycles. The summed E-state index contributed by atoms with van der Waals surface area (Å²) in [7, 11) is -0.355. The first-order valence-corrected chi connectivity index (χ1v) is 20.1. The molecule has 2 aliphatic heterocycles. The molecule has 0 spiro atoms. The lowest BCUT2D eigenvalue weighted by molar-refractivity contribution is -0.0613. The minimum Gasteiger partial charge on any atom is -1.00 e. The molecule has 8 nitrogen and oxygen atoms in total. The molecule has 0 N–H and O–H groups in total. The van der Waals surface area contributed by atoms with Gasteiger partial charge in [0.15, 0.2) is 22.9 Å². The minimum atomic E-state index is -2.18. The van der Waals surface area contributed by atoms with E-state index in [-0.39, 0.29) is 40.4 Å². The number of halogens is 1. The maximum Gasteiger partial charge on any atom is 0.354 e. The summed E-state index contributed by atoms with van der Waals surface area (Å²) >= 11 is 0. The van der Waals surface area contributed by atoms with Crippen molar-refractivity contribution in [2.45, 2.75) is 122 Å². The van der Waals surface area contributed by atoms with Crippen LogP contribution in [-0.4, -0.2) is 78.4 Å². The molecule has 1 aromatic heterocycles. The minimum absolute atomic E-state index is 0. The highest BCUT2D eigenvalue weighted by Gasteiger charge is 2.52. The summed E-state index contributed by atoms with van der Waals surface area (Å²) in [6.45, 7) is 24.8. The lowest BCUT2D eigenvalue weighted by Crippen LogP contribution is -3.00. The number of likely N-dealkylation sites (tertiary alicyclic amines) is 1. The Labute approximate surface area is 245 Å². The first-order chi connectivity index (χ1) is 17.3. The molecule has 226 valence electrons. The van der Waals surface area contributed by atoms with E-state index in [1.165, 1.54) is 6.42 Å². The number of hydrogen-bond donors (Lipinski definition) is 0. The van der Waals surface area contributed by atoms with Crippen LogP contribution < -0.4 is 22.6 Å². The van der Waals surface area contributed by atoms with Crippen LogP contribution in [0.15, 0.2) is 17.1 Å². The third kappa shape index (κ3) is 7.44. The Morgan fingerprint density at radius 2 is 1.56 bits per heavy atom. The van der Waals surface area contributed by atoms with Crippen LogP contribution >= 0.6 is 0 Å². The highest BCUT2D eigenvalue weighted by atomic mass is 35.5. The average molecular weight is 604 g/mol. The molecule has 2 saturated heterocycles. The number of methoxy groups -OCH3 is 1. The third-order valence-corrected chi connectivity index (χ3v) is 18.6. The normalized spacial score (nSPS) is 26.4. The van der Waals surface area contributed by atoms with E-state index in [1.54, 1.807) is 11.7 Å². The summed E-state index contributed by atoms with van der Waals surface area (Å²) in [5, 5.41) is 0.0905. The number of nitrogens with zero attached hydrogens (tertiary/aromatic N) is 3. The topological polar surface area (TPSA) is 71.8 Å². The van der Waals surface area contributed by atoms with Gasteiger partial charge in [-0.2, -0.15) is 0 Å². The molecule has 11 heteroatoms. The van der Waals surface area contributed by atoms with Crippen molar-refractivity contribution in [1.29, 1.82) is 0 Å². The largest absolute Gasteiger partial charge is 1.00 e. The molecule has 0 amide bonds. The zero-order valence-electron chi connectivity index (χ0n) is 26.5. The standard InChI is InChI=1S/C28H54N3O5Si2.ClH/c1-27(2,3)37(9,10)34-20-21-23(36-38(11,12)28(4,5)6)24(33-8)25(35-21)30-17-16-22(29-26(30)32)31(7)18-14-13-15-19-31;/h16-17,21,23-25H,13-15,18-20H2,1-12H3;1H/q+1;/p-1/t21-,23-,24-,25?;/m1./s1. The van der Waals surface area contributed by atoms with Gasteiger partial charge in [-0.25, -0.2) is 4.79 Å². The van der Waals surface area contributed by atoms with Crippen molar-refractivity contribution < 1.29 is 30.7 Å². The number of aromatic nitrogens is 2. The fourth-order valence-electron chi connectivity index (χ4n) is 4.82. The Bertz CT molecular complexity index is 1020. The molecule has 0 radical (unpaired) electrons. The van der Waals surface area contributed by atoms with Gasteiger partial charge in [-0.15, -0.1) is 4.98 Å². The van der Waals surface area contributed by atoms with Gasteiger partial charge in [0.25, 0.3) is 0 Å². The van der Waals surface area contributed by atoms with Gasteiger partial charge in [-0.05, 0) is 55.5 Å². The Hall–Kier alpha value is -0.596. The predicted octanol–water partition coefficient (Wildman–Crippen LogP) is 2.69. The lowest BCUT2D eigenvalue weighted by Gasteiger charge is -2.41. The molecule has 0 aliphatic carbocycles. The van der Waals surface area contributed by atoms with E-state index in [2.05, 4.69) is 79.8 Å². The van der Waals surface area contributed by atoms with E-state index < -0.39 is 29.0 Å². The van der Waals surface area contributed by atoms with E-state index in [9.17, 15) is 4.79 Å². The summed E-state index contributed by atoms with van der Waals surface area (Å²) in [4.78, 5) is 18.0. The van der Waals surface area contributed by atoms with Crippen LogP contribution in [-0.2, 0) is 18.3 Å². The maximum absolute atomic E-state index is 13.4. The molecule has 0 aromatic carbocycles. The second-order valence-electron chi connectivity index (χ2n) is 14.6. The molecule has 2 aliphatic rings. The number of piperidine rings is 1. The SMILES string of the molecule is CO[C@H]1C(n2ccc([N+]3(C)CCCCC3)nc2=O)O[C@H](CO[Si](C)(C)C(C)(C)C)[C@H]1O[Si](C)(C)C(C)(C)C.[Cl-]. The van der Waals surface area contributed by atoms with Gasteiger partial charge in [0, 0.05) is 19.4 Å². The summed E-state index contributed by atoms with van der Waals surface area (Å²) in [5.74, 6) is 0.824. The molecule has 1 aromatic rings. The van der Waals surface area contributed by atoms with Gasteiger partial charge in [0.2, 0.25) is 5.82 Å². The smallest absolute Gasteiger partial charge is 0.354 e. The van der Waals surface area contributed by atoms with Crippen molar-refractivity contribution in [3.05, 3.63) is 22.7 Å². The predicted molar refractivity (Wildman–Crippen MR) is 160 cm³/mol. The fourth-order valence-corrected chi connectivity index (χ4v) is 7.15. The van der Waals surface area contributed by atoms with Crippen LogP contribution in [0.4, 0.5) is 5.82 Å². The lowest BCUT2D eigenvalue weighted by atomic mass is 10.1. The Morgan fingerprint density at radius 3 is 2.05 bits per heavy atom. The Kier molecular flexibility index (Phi) is 10.9. The summed E-state index contributed by atoms with van der Waals surface area (Å²) in [6.07, 6.45) is 3.58. The average Bonchev–Trinajstić information content (AvgIpc) is 3.13. The van der Waals surface area contributed by atoms with Crippen molar-refractivity contribution >= 4 is 22.5 Å². The monoisotopic (exact) mass is 603 g/mol. The van der Waals surface area contributed by atoms with Crippen LogP contribution in [0.2, 0.25) is 36.3 Å². The molecule has 4 atom stereocenters. The van der Waals surface area contributed by atoms with Gasteiger partial charge in [-0.1, -0.05) is 41.5 Å². The van der Waals surface area contributed by atoms with Crippen LogP contribution in [0.25, 0.3) is 0 Å². The molecular formula is C28H54ClN3O5Si2. The zero-order valence-corrected chi connectivity index (χ0v) is 29.2. The molecule has 0 bridgehead atoms. The van der Waals surface area contributed by atoms with E-state index in [0.29, 0.717) is 11.1 Å². The van der Waals surface area contributed by atoms with Crippen molar-refractivity contribution in [3.63, 3.8) is 0 Å². The van der Waals surface area contributed by atoms with Crippen LogP contribution in [0, 0.1) is 0 Å². The zero-order chi connectivity index (χ0) is 28.7. The first kappa shape index (κ1) is 34.6. The van der Waals surface area contributed by atoms with Gasteiger partial charge in [0.1, 0.15) is 18.3 Å². The van der Waals surface area contributed by atoms with Crippen molar-refractivity contribution in [1.82, 2.24) is 14.0 Å². The second-order valence-corrected chi connectivity index (χ2v) is 24.1. The van der Waals surface area contributed by atoms with Gasteiger partial charge in [0.05, 0.1) is 26.7 Å². The molecular weight excluding hydrogens is 550 g/mol. The summed E-state index contributed by atoms with van der Waals surface area (Å²) in [5.41, 5.74) is -0.309. The number of rotatable bonds is 8. The molecule has 3 rings (SSSR count). The third-order valence-electron chi connectivity index (χ3n) is 9.66. The second kappa shape index (κ2) is 12.3. The number of ether oxygens (including phenoxy) is 2. The van der Waals surface area contributed by atoms with Gasteiger partial charge < -0.3 is 30.7 Å². The van der Waals surface area contributed by atoms with Crippen molar-refractivity contribution in [3.8, 4) is 0 Å². The van der Waals surface area contributed by atoms with Crippen LogP contribution in [0.3, 0.4) is 0 Å². The molecule has 1 unspecified atom stereocenters. The highest BCUT2D eigenvalue weighted by molar-refractivity contribution is 6.74. The van der Waals surface area contributed by atoms with E-state index in [1.807, 2.05) is 12.3 Å². The fraction of sp³-hybridized carbons (Fsp3) is 0.857. The van der Waals surface area contributed by atoms with Crippen LogP contribution in [0.5, 0.6) is 0 Å². The van der Waals surface area contributed by atoms with E-state index in [4.69, 9.17) is 18.3 Å². The molecule has 3 heterocycles. The van der Waals surface area contributed by atoms with Crippen LogP contribution in [0.1, 0.15) is 67.0 Å². The molecule has 39 heavy (non-hydrogen) atoms. The summed E-state index contributed by atoms with van der Waals surface area (Å²) in [6, 6.07) is 1.98. The quantitative estimate of drug-likeness (QED) is 0.336. The highest BCUT2D eigenvalue weighted by Crippen LogP contribution is 2.43. The van der Waals surface area contributed by atoms with Crippen molar-refractivity contribution in [2.75, 3.05) is 33.9 Å².